The highest BCUT2D eigenvalue weighted by atomic mass is 32.2. The van der Waals surface area contributed by atoms with Crippen LogP contribution in [0.1, 0.15) is 29.3 Å². The second kappa shape index (κ2) is 10.4. The van der Waals surface area contributed by atoms with Crippen LogP contribution in [0.4, 0.5) is 0 Å². The number of hydrogen-bond acceptors (Lipinski definition) is 6. The van der Waals surface area contributed by atoms with E-state index >= 15 is 0 Å². The van der Waals surface area contributed by atoms with Gasteiger partial charge in [-0.25, -0.2) is 9.63 Å². The van der Waals surface area contributed by atoms with E-state index in [0.29, 0.717) is 29.2 Å². The molecule has 1 N–H and O–H groups in total. The Labute approximate surface area is 181 Å². The van der Waals surface area contributed by atoms with Gasteiger partial charge in [0, 0.05) is 0 Å². The van der Waals surface area contributed by atoms with Crippen LogP contribution in [0, 0.1) is 0 Å². The van der Waals surface area contributed by atoms with E-state index in [4.69, 9.17) is 9.47 Å². The molecule has 0 fully saturated rings. The minimum Gasteiger partial charge on any atom is -0.494 e. The van der Waals surface area contributed by atoms with Crippen molar-refractivity contribution in [2.45, 2.75) is 18.2 Å². The second-order valence-electron chi connectivity index (χ2n) is 6.50. The van der Waals surface area contributed by atoms with E-state index in [0.717, 1.165) is 6.42 Å². The molecule has 3 aromatic carbocycles. The Balaban J connectivity index is 1.56. The normalized spacial score (nSPS) is 11.3. The van der Waals surface area contributed by atoms with E-state index in [1.165, 1.54) is 18.3 Å². The molecule has 0 heterocycles. The van der Waals surface area contributed by atoms with E-state index in [1.807, 2.05) is 6.92 Å². The Morgan fingerprint density at radius 1 is 0.935 bits per heavy atom. The molecule has 0 aliphatic carbocycles. The van der Waals surface area contributed by atoms with Gasteiger partial charge < -0.3 is 9.47 Å². The van der Waals surface area contributed by atoms with Crippen LogP contribution in [0.25, 0.3) is 0 Å². The molecule has 0 spiro atoms. The first kappa shape index (κ1) is 22.0. The summed E-state index contributed by atoms with van der Waals surface area (Å²) in [5, 5.41) is 3.77. The number of benzene rings is 3. The Morgan fingerprint density at radius 2 is 1.58 bits per heavy atom. The molecule has 8 heteroatoms. The molecule has 0 aliphatic rings. The first-order valence-electron chi connectivity index (χ1n) is 9.63. The second-order valence-corrected chi connectivity index (χ2v) is 8.16. The lowest BCUT2D eigenvalue weighted by Gasteiger charge is -2.07. The maximum Gasteiger partial charge on any atom is 0.343 e. The molecule has 0 aliphatic heterocycles. The Hall–Kier alpha value is -3.65. The van der Waals surface area contributed by atoms with Crippen molar-refractivity contribution in [3.8, 4) is 11.5 Å². The predicted molar refractivity (Wildman–Crippen MR) is 118 cm³/mol. The molecular weight excluding hydrogens is 416 g/mol. The predicted octanol–water partition coefficient (Wildman–Crippen LogP) is 4.01. The van der Waals surface area contributed by atoms with Gasteiger partial charge in [-0.15, -0.1) is 0 Å². The Bertz CT molecular complexity index is 1130. The summed E-state index contributed by atoms with van der Waals surface area (Å²) in [6.07, 6.45) is 2.27. The summed E-state index contributed by atoms with van der Waals surface area (Å²) in [7, 11) is -3.72. The zero-order chi connectivity index (χ0) is 22.1. The van der Waals surface area contributed by atoms with E-state index < -0.39 is 16.0 Å². The van der Waals surface area contributed by atoms with Crippen LogP contribution >= 0.6 is 0 Å². The van der Waals surface area contributed by atoms with Gasteiger partial charge in [0.05, 0.1) is 23.3 Å². The van der Waals surface area contributed by atoms with Crippen molar-refractivity contribution in [2.24, 2.45) is 5.10 Å². The number of carbonyl (C=O) groups is 1. The van der Waals surface area contributed by atoms with Gasteiger partial charge in [0.1, 0.15) is 11.5 Å². The molecule has 0 amide bonds. The number of rotatable bonds is 9. The minimum atomic E-state index is -3.72. The molecule has 160 valence electrons. The zero-order valence-corrected chi connectivity index (χ0v) is 17.7. The third kappa shape index (κ3) is 6.42. The Kier molecular flexibility index (Phi) is 7.40. The van der Waals surface area contributed by atoms with Gasteiger partial charge in [0.2, 0.25) is 0 Å². The molecule has 0 unspecified atom stereocenters. The molecule has 0 bridgehead atoms. The maximum atomic E-state index is 12.3. The van der Waals surface area contributed by atoms with Gasteiger partial charge in [-0.3, -0.25) is 0 Å². The lowest BCUT2D eigenvalue weighted by atomic mass is 10.2. The molecule has 0 radical (unpaired) electrons. The van der Waals surface area contributed by atoms with Crippen LogP contribution in [0.3, 0.4) is 0 Å². The van der Waals surface area contributed by atoms with Crippen molar-refractivity contribution >= 4 is 22.2 Å². The maximum absolute atomic E-state index is 12.3. The molecule has 7 nitrogen and oxygen atoms in total. The number of nitrogens with zero attached hydrogens (tertiary/aromatic N) is 1. The highest BCUT2D eigenvalue weighted by Crippen LogP contribution is 2.16. The summed E-state index contributed by atoms with van der Waals surface area (Å²) >= 11 is 0. The van der Waals surface area contributed by atoms with Crippen LogP contribution < -0.4 is 14.3 Å². The average Bonchev–Trinajstić information content (AvgIpc) is 2.79. The molecule has 3 rings (SSSR count). The summed E-state index contributed by atoms with van der Waals surface area (Å²) in [4.78, 5) is 14.6. The van der Waals surface area contributed by atoms with Crippen LogP contribution in [-0.2, 0) is 10.0 Å². The number of hydrogen-bond donors (Lipinski definition) is 1. The SMILES string of the molecule is CCCOc1ccc(C(=O)Oc2ccc(/C=N/NS(=O)(=O)c3ccccc3)cc2)cc1. The molecule has 0 saturated heterocycles. The van der Waals surface area contributed by atoms with Gasteiger partial charge in [-0.1, -0.05) is 25.1 Å². The summed E-state index contributed by atoms with van der Waals surface area (Å²) in [5.74, 6) is 0.572. The van der Waals surface area contributed by atoms with Crippen LogP contribution in [0.15, 0.2) is 88.9 Å². The fraction of sp³-hybridized carbons (Fsp3) is 0.130. The average molecular weight is 439 g/mol. The topological polar surface area (TPSA) is 94.1 Å². The monoisotopic (exact) mass is 438 g/mol. The summed E-state index contributed by atoms with van der Waals surface area (Å²) in [6.45, 7) is 2.64. The fourth-order valence-corrected chi connectivity index (χ4v) is 3.33. The van der Waals surface area contributed by atoms with Crippen molar-refractivity contribution in [1.29, 1.82) is 0 Å². The quantitative estimate of drug-likeness (QED) is 0.236. The molecule has 0 atom stereocenters. The smallest absolute Gasteiger partial charge is 0.343 e. The summed E-state index contributed by atoms with van der Waals surface area (Å²) < 4.78 is 35.1. The number of sulfonamides is 1. The first-order chi connectivity index (χ1) is 15.0. The highest BCUT2D eigenvalue weighted by Gasteiger charge is 2.11. The number of esters is 1. The number of hydrazone groups is 1. The standard InChI is InChI=1S/C23H22N2O5S/c1-2-16-29-20-14-10-19(11-15-20)23(26)30-21-12-8-18(9-13-21)17-24-25-31(27,28)22-6-4-3-5-7-22/h3-15,17,25H,2,16H2,1H3/b24-17+. The zero-order valence-electron chi connectivity index (χ0n) is 16.9. The van der Waals surface area contributed by atoms with Gasteiger partial charge in [-0.2, -0.15) is 13.5 Å². The van der Waals surface area contributed by atoms with Gasteiger partial charge in [0.15, 0.2) is 0 Å². The molecule has 3 aromatic rings. The lowest BCUT2D eigenvalue weighted by Crippen LogP contribution is -2.18. The van der Waals surface area contributed by atoms with Crippen molar-refractivity contribution < 1.29 is 22.7 Å². The molecule has 31 heavy (non-hydrogen) atoms. The van der Waals surface area contributed by atoms with Crippen LogP contribution in [0.2, 0.25) is 0 Å². The van der Waals surface area contributed by atoms with Crippen LogP contribution in [-0.4, -0.2) is 27.2 Å². The third-order valence-corrected chi connectivity index (χ3v) is 5.33. The number of nitrogens with one attached hydrogen (secondary N) is 1. The van der Waals surface area contributed by atoms with Crippen molar-refractivity contribution in [2.75, 3.05) is 6.61 Å². The summed E-state index contributed by atoms with van der Waals surface area (Å²) in [6, 6.07) is 21.2. The third-order valence-electron chi connectivity index (χ3n) is 4.09. The van der Waals surface area contributed by atoms with Crippen molar-refractivity contribution in [3.63, 3.8) is 0 Å². The van der Waals surface area contributed by atoms with Crippen LogP contribution in [0.5, 0.6) is 11.5 Å². The van der Waals surface area contributed by atoms with E-state index in [9.17, 15) is 13.2 Å². The molecule has 0 aromatic heterocycles. The largest absolute Gasteiger partial charge is 0.494 e. The van der Waals surface area contributed by atoms with Gasteiger partial charge >= 0.3 is 5.97 Å². The minimum absolute atomic E-state index is 0.124. The highest BCUT2D eigenvalue weighted by molar-refractivity contribution is 7.89. The molecule has 0 saturated carbocycles. The van der Waals surface area contributed by atoms with Gasteiger partial charge in [0.25, 0.3) is 10.0 Å². The Morgan fingerprint density at radius 3 is 2.23 bits per heavy atom. The number of ether oxygens (including phenoxy) is 2. The van der Waals surface area contributed by atoms with Gasteiger partial charge in [-0.05, 0) is 72.6 Å². The van der Waals surface area contributed by atoms with Crippen molar-refractivity contribution in [1.82, 2.24) is 4.83 Å². The fourth-order valence-electron chi connectivity index (χ4n) is 2.52. The molecular formula is C23H22N2O5S. The first-order valence-corrected chi connectivity index (χ1v) is 11.1. The van der Waals surface area contributed by atoms with Crippen molar-refractivity contribution in [3.05, 3.63) is 90.0 Å². The lowest BCUT2D eigenvalue weighted by molar-refractivity contribution is 0.0734. The summed E-state index contributed by atoms with van der Waals surface area (Å²) in [5.41, 5.74) is 1.04. The van der Waals surface area contributed by atoms with E-state index in [1.54, 1.807) is 66.7 Å². The van der Waals surface area contributed by atoms with E-state index in [2.05, 4.69) is 9.93 Å². The number of carbonyl (C=O) groups excluding carboxylic acids is 1. The van der Waals surface area contributed by atoms with E-state index in [-0.39, 0.29) is 4.90 Å².